The maximum Gasteiger partial charge on any atom is 0.244 e. The van der Waals surface area contributed by atoms with E-state index in [4.69, 9.17) is 5.26 Å². The fourth-order valence-corrected chi connectivity index (χ4v) is 2.64. The molecule has 1 aromatic carbocycles. The first kappa shape index (κ1) is 16.3. The molecule has 2 rings (SSSR count). The fourth-order valence-electron chi connectivity index (χ4n) is 2.64. The van der Waals surface area contributed by atoms with E-state index in [1.807, 2.05) is 12.1 Å². The predicted octanol–water partition coefficient (Wildman–Crippen LogP) is 2.42. The third-order valence-electron chi connectivity index (χ3n) is 4.08. The van der Waals surface area contributed by atoms with E-state index in [0.29, 0.717) is 17.5 Å². The maximum atomic E-state index is 11.8. The molecule has 1 aliphatic rings. The van der Waals surface area contributed by atoms with Crippen LogP contribution < -0.4 is 5.32 Å². The van der Waals surface area contributed by atoms with Crippen molar-refractivity contribution in [2.75, 3.05) is 19.6 Å². The lowest BCUT2D eigenvalue weighted by atomic mass is 10.1. The highest BCUT2D eigenvalue weighted by atomic mass is 16.1. The summed E-state index contributed by atoms with van der Waals surface area (Å²) in [4.78, 5) is 14.3. The number of hydrogen-bond acceptors (Lipinski definition) is 3. The van der Waals surface area contributed by atoms with Crippen LogP contribution in [-0.2, 0) is 4.79 Å². The van der Waals surface area contributed by atoms with Gasteiger partial charge in [-0.25, -0.2) is 0 Å². The number of carbonyl (C=O) groups is 1. The highest BCUT2D eigenvalue weighted by Gasteiger charge is 2.23. The molecule has 1 saturated heterocycles. The fraction of sp³-hybridized carbons (Fsp3) is 0.444. The largest absolute Gasteiger partial charge is 0.352 e. The Hall–Kier alpha value is -2.12. The third kappa shape index (κ3) is 4.71. The molecule has 1 heterocycles. The van der Waals surface area contributed by atoms with Crippen LogP contribution in [0.4, 0.5) is 0 Å². The van der Waals surface area contributed by atoms with Gasteiger partial charge in [0, 0.05) is 25.2 Å². The molecule has 1 fully saturated rings. The molecule has 0 aliphatic carbocycles. The average molecular weight is 297 g/mol. The number of carbonyl (C=O) groups excluding carboxylic acids is 1. The summed E-state index contributed by atoms with van der Waals surface area (Å²) >= 11 is 0. The number of hydrogen-bond donors (Lipinski definition) is 1. The smallest absolute Gasteiger partial charge is 0.244 e. The van der Waals surface area contributed by atoms with Gasteiger partial charge in [0.25, 0.3) is 0 Å². The molecule has 1 atom stereocenters. The Balaban J connectivity index is 1.76. The van der Waals surface area contributed by atoms with Gasteiger partial charge in [-0.3, -0.25) is 4.79 Å². The summed E-state index contributed by atoms with van der Waals surface area (Å²) < 4.78 is 0. The molecule has 22 heavy (non-hydrogen) atoms. The van der Waals surface area contributed by atoms with E-state index in [1.54, 1.807) is 24.3 Å². The van der Waals surface area contributed by atoms with Crippen molar-refractivity contribution in [3.8, 4) is 6.07 Å². The van der Waals surface area contributed by atoms with Crippen molar-refractivity contribution in [3.05, 3.63) is 41.5 Å². The molecule has 0 radical (unpaired) electrons. The first-order valence-corrected chi connectivity index (χ1v) is 7.78. The lowest BCUT2D eigenvalue weighted by Crippen LogP contribution is -2.32. The summed E-state index contributed by atoms with van der Waals surface area (Å²) in [6.07, 6.45) is 4.47. The molecule has 1 amide bonds. The van der Waals surface area contributed by atoms with Crippen LogP contribution >= 0.6 is 0 Å². The van der Waals surface area contributed by atoms with Crippen LogP contribution in [0.2, 0.25) is 0 Å². The lowest BCUT2D eigenvalue weighted by Gasteiger charge is -2.20. The Labute approximate surface area is 132 Å². The molecule has 1 aromatic rings. The number of nitrogens with zero attached hydrogens (tertiary/aromatic N) is 2. The molecule has 0 saturated carbocycles. The van der Waals surface area contributed by atoms with Crippen molar-refractivity contribution >= 4 is 12.0 Å². The van der Waals surface area contributed by atoms with Gasteiger partial charge in [-0.2, -0.15) is 5.26 Å². The molecule has 1 N–H and O–H groups in total. The molecule has 0 spiro atoms. The van der Waals surface area contributed by atoms with E-state index < -0.39 is 0 Å². The van der Waals surface area contributed by atoms with Crippen LogP contribution in [0.15, 0.2) is 30.3 Å². The molecular formula is C18H23N3O. The van der Waals surface area contributed by atoms with Crippen LogP contribution in [0.3, 0.4) is 0 Å². The van der Waals surface area contributed by atoms with Gasteiger partial charge in [-0.05, 0) is 56.5 Å². The molecule has 0 unspecified atom stereocenters. The van der Waals surface area contributed by atoms with Gasteiger partial charge in [-0.1, -0.05) is 12.1 Å². The second kappa shape index (κ2) is 7.77. The van der Waals surface area contributed by atoms with E-state index in [-0.39, 0.29) is 5.91 Å². The quantitative estimate of drug-likeness (QED) is 0.849. The Bertz CT molecular complexity index is 569. The van der Waals surface area contributed by atoms with Crippen molar-refractivity contribution in [2.24, 2.45) is 5.92 Å². The van der Waals surface area contributed by atoms with Crippen LogP contribution in [0.25, 0.3) is 6.08 Å². The number of nitriles is 1. The molecule has 4 nitrogen and oxygen atoms in total. The molecule has 0 bridgehead atoms. The highest BCUT2D eigenvalue weighted by molar-refractivity contribution is 5.91. The SMILES string of the molecule is CC(C)N1CC[C@@H](CNC(=O)/C=C\c2ccc(C#N)cc2)C1. The topological polar surface area (TPSA) is 56.1 Å². The summed E-state index contributed by atoms with van der Waals surface area (Å²) in [5.41, 5.74) is 1.54. The van der Waals surface area contributed by atoms with E-state index >= 15 is 0 Å². The molecule has 0 aromatic heterocycles. The number of amides is 1. The Morgan fingerprint density at radius 2 is 2.18 bits per heavy atom. The lowest BCUT2D eigenvalue weighted by molar-refractivity contribution is -0.116. The van der Waals surface area contributed by atoms with Crippen LogP contribution in [0.5, 0.6) is 0 Å². The number of nitrogens with one attached hydrogen (secondary N) is 1. The average Bonchev–Trinajstić information content (AvgIpc) is 3.00. The molecule has 1 aliphatic heterocycles. The van der Waals surface area contributed by atoms with Gasteiger partial charge in [-0.15, -0.1) is 0 Å². The minimum Gasteiger partial charge on any atom is -0.352 e. The van der Waals surface area contributed by atoms with E-state index in [0.717, 1.165) is 31.6 Å². The second-order valence-corrected chi connectivity index (χ2v) is 6.06. The summed E-state index contributed by atoms with van der Waals surface area (Å²) in [6, 6.07) is 9.81. The van der Waals surface area contributed by atoms with E-state index in [2.05, 4.69) is 30.1 Å². The molecular weight excluding hydrogens is 274 g/mol. The first-order chi connectivity index (χ1) is 10.6. The second-order valence-electron chi connectivity index (χ2n) is 6.06. The van der Waals surface area contributed by atoms with Gasteiger partial charge in [0.15, 0.2) is 0 Å². The van der Waals surface area contributed by atoms with Crippen LogP contribution in [-0.4, -0.2) is 36.5 Å². The molecule has 4 heteroatoms. The number of likely N-dealkylation sites (tertiary alicyclic amines) is 1. The maximum absolute atomic E-state index is 11.8. The van der Waals surface area contributed by atoms with E-state index in [1.165, 1.54) is 0 Å². The van der Waals surface area contributed by atoms with Crippen molar-refractivity contribution in [3.63, 3.8) is 0 Å². The zero-order valence-corrected chi connectivity index (χ0v) is 13.2. The monoisotopic (exact) mass is 297 g/mol. The summed E-state index contributed by atoms with van der Waals surface area (Å²) in [6.45, 7) is 7.35. The van der Waals surface area contributed by atoms with Crippen molar-refractivity contribution in [2.45, 2.75) is 26.3 Å². The van der Waals surface area contributed by atoms with Crippen molar-refractivity contribution < 1.29 is 4.79 Å². The zero-order chi connectivity index (χ0) is 15.9. The summed E-state index contributed by atoms with van der Waals surface area (Å²) in [5.74, 6) is 0.488. The van der Waals surface area contributed by atoms with Crippen LogP contribution in [0.1, 0.15) is 31.4 Å². The Morgan fingerprint density at radius 3 is 2.77 bits per heavy atom. The number of benzene rings is 1. The highest BCUT2D eigenvalue weighted by Crippen LogP contribution is 2.17. The van der Waals surface area contributed by atoms with Gasteiger partial charge in [0.1, 0.15) is 0 Å². The van der Waals surface area contributed by atoms with Gasteiger partial charge in [0.2, 0.25) is 5.91 Å². The van der Waals surface area contributed by atoms with Gasteiger partial charge < -0.3 is 10.2 Å². The van der Waals surface area contributed by atoms with Crippen molar-refractivity contribution in [1.29, 1.82) is 5.26 Å². The first-order valence-electron chi connectivity index (χ1n) is 7.78. The predicted molar refractivity (Wildman–Crippen MR) is 88.0 cm³/mol. The molecule has 116 valence electrons. The minimum absolute atomic E-state index is 0.0626. The zero-order valence-electron chi connectivity index (χ0n) is 13.2. The van der Waals surface area contributed by atoms with Gasteiger partial charge in [0.05, 0.1) is 11.6 Å². The van der Waals surface area contributed by atoms with Gasteiger partial charge >= 0.3 is 0 Å². The van der Waals surface area contributed by atoms with E-state index in [9.17, 15) is 4.79 Å². The Kier molecular flexibility index (Phi) is 5.74. The standard InChI is InChI=1S/C18H23N3O/c1-14(2)21-10-9-17(13-21)12-20-18(22)8-7-15-3-5-16(11-19)6-4-15/h3-8,14,17H,9-10,12-13H2,1-2H3,(H,20,22)/b8-7-/t17-/m0/s1. The van der Waals surface area contributed by atoms with Crippen molar-refractivity contribution in [1.82, 2.24) is 10.2 Å². The summed E-state index contributed by atoms with van der Waals surface area (Å²) in [5, 5.41) is 11.7. The number of rotatable bonds is 5. The summed E-state index contributed by atoms with van der Waals surface area (Å²) in [7, 11) is 0. The van der Waals surface area contributed by atoms with Crippen LogP contribution in [0, 0.1) is 17.2 Å². The minimum atomic E-state index is -0.0626. The normalized spacial score (nSPS) is 18.7. The Morgan fingerprint density at radius 1 is 1.45 bits per heavy atom. The third-order valence-corrected chi connectivity index (χ3v) is 4.08.